The SMILES string of the molecule is Cc1ccc(C2=C(N3CCN(CCO)CC3)C(=O)N(c3cccc4ccccc34)C2=O)cc1C. The molecule has 0 radical (unpaired) electrons. The van der Waals surface area contributed by atoms with Gasteiger partial charge in [-0.3, -0.25) is 14.5 Å². The van der Waals surface area contributed by atoms with Gasteiger partial charge in [0.2, 0.25) is 0 Å². The summed E-state index contributed by atoms with van der Waals surface area (Å²) in [5, 5.41) is 11.1. The van der Waals surface area contributed by atoms with Crippen LogP contribution in [0.4, 0.5) is 5.69 Å². The molecule has 2 amide bonds. The van der Waals surface area contributed by atoms with Gasteiger partial charge in [-0.2, -0.15) is 0 Å². The minimum Gasteiger partial charge on any atom is -0.395 e. The van der Waals surface area contributed by atoms with E-state index in [2.05, 4.69) is 4.90 Å². The fourth-order valence-corrected chi connectivity index (χ4v) is 4.93. The molecule has 3 aromatic rings. The van der Waals surface area contributed by atoms with Crippen LogP contribution in [0.15, 0.2) is 66.4 Å². The van der Waals surface area contributed by atoms with E-state index in [4.69, 9.17) is 0 Å². The summed E-state index contributed by atoms with van der Waals surface area (Å²) >= 11 is 0. The molecular weight excluding hydrogens is 426 g/mol. The number of β-amino-alcohol motifs (C(OH)–C–C–N with tert-alkyl or cyclic N) is 1. The van der Waals surface area contributed by atoms with Crippen molar-refractivity contribution in [1.82, 2.24) is 9.80 Å². The summed E-state index contributed by atoms with van der Waals surface area (Å²) < 4.78 is 0. The maximum atomic E-state index is 14.0. The lowest BCUT2D eigenvalue weighted by atomic mass is 9.99. The number of carbonyl (C=O) groups is 2. The first kappa shape index (κ1) is 22.3. The summed E-state index contributed by atoms with van der Waals surface area (Å²) in [6.45, 7) is 7.53. The Hall–Kier alpha value is -3.48. The highest BCUT2D eigenvalue weighted by Crippen LogP contribution is 2.38. The number of hydrogen-bond donors (Lipinski definition) is 1. The summed E-state index contributed by atoms with van der Waals surface area (Å²) in [6, 6.07) is 19.5. The highest BCUT2D eigenvalue weighted by atomic mass is 16.3. The Morgan fingerprint density at radius 1 is 0.824 bits per heavy atom. The van der Waals surface area contributed by atoms with Gasteiger partial charge >= 0.3 is 0 Å². The molecule has 1 saturated heterocycles. The standard InChI is InChI=1S/C28H29N3O3/c1-19-10-11-22(18-20(19)2)25-26(30-14-12-29(13-15-30)16-17-32)28(34)31(27(25)33)24-9-5-7-21-6-3-4-8-23(21)24/h3-11,18,32H,12-17H2,1-2H3. The first-order valence-electron chi connectivity index (χ1n) is 11.8. The number of rotatable bonds is 5. The van der Waals surface area contributed by atoms with E-state index < -0.39 is 0 Å². The number of fused-ring (bicyclic) bond motifs is 1. The van der Waals surface area contributed by atoms with Gasteiger partial charge in [-0.05, 0) is 42.0 Å². The number of imide groups is 1. The van der Waals surface area contributed by atoms with Crippen LogP contribution < -0.4 is 4.90 Å². The Labute approximate surface area is 199 Å². The van der Waals surface area contributed by atoms with Crippen molar-refractivity contribution in [3.8, 4) is 0 Å². The van der Waals surface area contributed by atoms with Crippen molar-refractivity contribution in [3.63, 3.8) is 0 Å². The van der Waals surface area contributed by atoms with Gasteiger partial charge < -0.3 is 10.0 Å². The topological polar surface area (TPSA) is 64.1 Å². The predicted molar refractivity (Wildman–Crippen MR) is 134 cm³/mol. The number of aliphatic hydroxyl groups is 1. The lowest BCUT2D eigenvalue weighted by Crippen LogP contribution is -2.48. The van der Waals surface area contributed by atoms with Gasteiger partial charge in [-0.1, -0.05) is 54.6 Å². The van der Waals surface area contributed by atoms with Gasteiger partial charge in [0.1, 0.15) is 5.70 Å². The van der Waals surface area contributed by atoms with Crippen molar-refractivity contribution >= 4 is 33.8 Å². The number of benzene rings is 3. The molecule has 6 heteroatoms. The first-order valence-corrected chi connectivity index (χ1v) is 11.8. The normalized spacial score (nSPS) is 17.4. The van der Waals surface area contributed by atoms with E-state index in [0.29, 0.717) is 36.6 Å². The van der Waals surface area contributed by atoms with E-state index in [1.807, 2.05) is 79.4 Å². The van der Waals surface area contributed by atoms with E-state index in [1.165, 1.54) is 4.90 Å². The van der Waals surface area contributed by atoms with Crippen LogP contribution in [0.1, 0.15) is 16.7 Å². The van der Waals surface area contributed by atoms with Crippen LogP contribution in [0.5, 0.6) is 0 Å². The summed E-state index contributed by atoms with van der Waals surface area (Å²) in [7, 11) is 0. The molecule has 2 heterocycles. The molecule has 0 bridgehead atoms. The van der Waals surface area contributed by atoms with Crippen LogP contribution in [-0.4, -0.2) is 66.1 Å². The van der Waals surface area contributed by atoms with Crippen LogP contribution in [0, 0.1) is 13.8 Å². The molecule has 0 saturated carbocycles. The maximum Gasteiger partial charge on any atom is 0.282 e. The average molecular weight is 456 g/mol. The summed E-state index contributed by atoms with van der Waals surface area (Å²) in [4.78, 5) is 33.5. The van der Waals surface area contributed by atoms with E-state index >= 15 is 0 Å². The van der Waals surface area contributed by atoms with Gasteiger partial charge in [-0.25, -0.2) is 4.90 Å². The molecular formula is C28H29N3O3. The molecule has 174 valence electrons. The summed E-state index contributed by atoms with van der Waals surface area (Å²) in [5.74, 6) is -0.553. The van der Waals surface area contributed by atoms with Crippen LogP contribution in [0.2, 0.25) is 0 Å². The average Bonchev–Trinajstić information content (AvgIpc) is 3.11. The Morgan fingerprint density at radius 2 is 1.56 bits per heavy atom. The third kappa shape index (κ3) is 3.79. The fraction of sp³-hybridized carbons (Fsp3) is 0.286. The zero-order chi connectivity index (χ0) is 23.8. The maximum absolute atomic E-state index is 14.0. The molecule has 3 aromatic carbocycles. The number of aryl methyl sites for hydroxylation is 2. The molecule has 0 aromatic heterocycles. The van der Waals surface area contributed by atoms with Crippen molar-refractivity contribution in [2.75, 3.05) is 44.2 Å². The molecule has 1 N–H and O–H groups in total. The van der Waals surface area contributed by atoms with E-state index in [1.54, 1.807) is 0 Å². The molecule has 2 aliphatic rings. The number of aliphatic hydroxyl groups excluding tert-OH is 1. The molecule has 2 aliphatic heterocycles. The monoisotopic (exact) mass is 455 g/mol. The largest absolute Gasteiger partial charge is 0.395 e. The summed E-state index contributed by atoms with van der Waals surface area (Å²) in [5.41, 5.74) is 4.56. The molecule has 6 nitrogen and oxygen atoms in total. The third-order valence-corrected chi connectivity index (χ3v) is 6.97. The number of anilines is 1. The minimum atomic E-state index is -0.280. The summed E-state index contributed by atoms with van der Waals surface area (Å²) in [6.07, 6.45) is 0. The van der Waals surface area contributed by atoms with E-state index in [-0.39, 0.29) is 18.4 Å². The molecule has 0 aliphatic carbocycles. The van der Waals surface area contributed by atoms with Gasteiger partial charge in [0.05, 0.1) is 17.9 Å². The lowest BCUT2D eigenvalue weighted by Gasteiger charge is -2.36. The Balaban J connectivity index is 1.61. The smallest absolute Gasteiger partial charge is 0.282 e. The van der Waals surface area contributed by atoms with E-state index in [9.17, 15) is 14.7 Å². The van der Waals surface area contributed by atoms with Gasteiger partial charge in [-0.15, -0.1) is 0 Å². The van der Waals surface area contributed by atoms with Crippen molar-refractivity contribution in [2.24, 2.45) is 0 Å². The second-order valence-electron chi connectivity index (χ2n) is 9.02. The fourth-order valence-electron chi connectivity index (χ4n) is 4.93. The second kappa shape index (κ2) is 9.05. The number of carbonyl (C=O) groups excluding carboxylic acids is 2. The lowest BCUT2D eigenvalue weighted by molar-refractivity contribution is -0.120. The predicted octanol–water partition coefficient (Wildman–Crippen LogP) is 3.35. The molecule has 5 rings (SSSR count). The van der Waals surface area contributed by atoms with Crippen LogP contribution in [0.3, 0.4) is 0 Å². The number of nitrogens with zero attached hydrogens (tertiary/aromatic N) is 3. The quantitative estimate of drug-likeness (QED) is 0.598. The second-order valence-corrected chi connectivity index (χ2v) is 9.02. The zero-order valence-electron chi connectivity index (χ0n) is 19.6. The number of hydrogen-bond acceptors (Lipinski definition) is 5. The molecule has 34 heavy (non-hydrogen) atoms. The Bertz CT molecular complexity index is 1300. The molecule has 1 fully saturated rings. The van der Waals surface area contributed by atoms with E-state index in [0.717, 1.165) is 40.6 Å². The first-order chi connectivity index (χ1) is 16.5. The van der Waals surface area contributed by atoms with Crippen LogP contribution in [0.25, 0.3) is 16.3 Å². The van der Waals surface area contributed by atoms with Gasteiger partial charge in [0.15, 0.2) is 0 Å². The molecule has 0 unspecified atom stereocenters. The zero-order valence-corrected chi connectivity index (χ0v) is 19.6. The molecule has 0 spiro atoms. The van der Waals surface area contributed by atoms with Gasteiger partial charge in [0, 0.05) is 38.1 Å². The highest BCUT2D eigenvalue weighted by Gasteiger charge is 2.43. The molecule has 0 atom stereocenters. The third-order valence-electron chi connectivity index (χ3n) is 6.97. The van der Waals surface area contributed by atoms with Crippen molar-refractivity contribution < 1.29 is 14.7 Å². The van der Waals surface area contributed by atoms with Crippen molar-refractivity contribution in [2.45, 2.75) is 13.8 Å². The van der Waals surface area contributed by atoms with Crippen LogP contribution in [-0.2, 0) is 9.59 Å². The number of amides is 2. The Kier molecular flexibility index (Phi) is 5.94. The van der Waals surface area contributed by atoms with Crippen molar-refractivity contribution in [1.29, 1.82) is 0 Å². The Morgan fingerprint density at radius 3 is 2.29 bits per heavy atom. The van der Waals surface area contributed by atoms with Crippen LogP contribution >= 0.6 is 0 Å². The van der Waals surface area contributed by atoms with Gasteiger partial charge in [0.25, 0.3) is 11.8 Å². The highest BCUT2D eigenvalue weighted by molar-refractivity contribution is 6.46. The number of piperazine rings is 1. The van der Waals surface area contributed by atoms with Crippen molar-refractivity contribution in [3.05, 3.63) is 83.1 Å². The minimum absolute atomic E-state index is 0.114.